The van der Waals surface area contributed by atoms with E-state index >= 15 is 0 Å². The number of benzene rings is 10. The molecule has 0 atom stereocenters. The van der Waals surface area contributed by atoms with Crippen LogP contribution in [0.3, 0.4) is 0 Å². The van der Waals surface area contributed by atoms with E-state index in [1.165, 1.54) is 93.3 Å². The van der Waals surface area contributed by atoms with E-state index < -0.39 is 0 Å². The monoisotopic (exact) mass is 872 g/mol. The van der Waals surface area contributed by atoms with E-state index in [0.29, 0.717) is 0 Å². The van der Waals surface area contributed by atoms with E-state index in [1.807, 2.05) is 0 Å². The SMILES string of the molecule is Cc1ccc2oc3ccc(Cc4cc5c(cc4C)c4cc(-c6ccc7oc8ccc(-c9ccc%10c(c9)c9cc(C)ccc9n%10-c9ccccc9)cc8c7c6)ccc4n5-c4ccccc4)cc3c2c1. The zero-order valence-corrected chi connectivity index (χ0v) is 38.0. The molecule has 322 valence electrons. The highest BCUT2D eigenvalue weighted by Crippen LogP contribution is 2.41. The number of furan rings is 2. The highest BCUT2D eigenvalue weighted by Gasteiger charge is 2.19. The Balaban J connectivity index is 0.870. The molecule has 0 fully saturated rings. The fourth-order valence-corrected chi connectivity index (χ4v) is 11.0. The highest BCUT2D eigenvalue weighted by atomic mass is 16.3. The molecule has 0 aliphatic carbocycles. The third-order valence-corrected chi connectivity index (χ3v) is 14.4. The van der Waals surface area contributed by atoms with Crippen molar-refractivity contribution in [2.24, 2.45) is 0 Å². The topological polar surface area (TPSA) is 36.1 Å². The number of hydrogen-bond acceptors (Lipinski definition) is 2. The second-order valence-corrected chi connectivity index (χ2v) is 18.8. The summed E-state index contributed by atoms with van der Waals surface area (Å²) in [4.78, 5) is 0. The molecule has 68 heavy (non-hydrogen) atoms. The fourth-order valence-electron chi connectivity index (χ4n) is 11.0. The summed E-state index contributed by atoms with van der Waals surface area (Å²) in [5, 5.41) is 9.56. The third-order valence-electron chi connectivity index (χ3n) is 14.4. The van der Waals surface area contributed by atoms with Crippen LogP contribution < -0.4 is 0 Å². The minimum Gasteiger partial charge on any atom is -0.456 e. The summed E-state index contributed by atoms with van der Waals surface area (Å²) in [5.41, 5.74) is 21.8. The van der Waals surface area contributed by atoms with Crippen LogP contribution in [0.25, 0.3) is 121 Å². The van der Waals surface area contributed by atoms with Crippen LogP contribution in [0.1, 0.15) is 27.8 Å². The lowest BCUT2D eigenvalue weighted by Crippen LogP contribution is -1.96. The van der Waals surface area contributed by atoms with Gasteiger partial charge in [0.05, 0.1) is 22.1 Å². The fraction of sp³-hybridized carbons (Fsp3) is 0.0625. The Bertz CT molecular complexity index is 4370. The third kappa shape index (κ3) is 6.00. The first-order valence-electron chi connectivity index (χ1n) is 23.5. The molecular weight excluding hydrogens is 829 g/mol. The molecule has 0 bridgehead atoms. The molecular formula is C64H44N2O2. The van der Waals surface area contributed by atoms with E-state index in [1.54, 1.807) is 0 Å². The summed E-state index contributed by atoms with van der Waals surface area (Å²) in [7, 11) is 0. The van der Waals surface area contributed by atoms with Crippen LogP contribution in [0.4, 0.5) is 0 Å². The molecule has 4 nitrogen and oxygen atoms in total. The van der Waals surface area contributed by atoms with E-state index in [4.69, 9.17) is 8.83 Å². The van der Waals surface area contributed by atoms with Crippen LogP contribution >= 0.6 is 0 Å². The Morgan fingerprint density at radius 3 is 1.29 bits per heavy atom. The Morgan fingerprint density at radius 2 is 0.721 bits per heavy atom. The first-order chi connectivity index (χ1) is 33.4. The van der Waals surface area contributed by atoms with E-state index in [-0.39, 0.29) is 0 Å². The summed E-state index contributed by atoms with van der Waals surface area (Å²) in [6, 6.07) is 73.2. The Kier molecular flexibility index (Phi) is 8.36. The van der Waals surface area contributed by atoms with Crippen LogP contribution in [0.2, 0.25) is 0 Å². The van der Waals surface area contributed by atoms with Gasteiger partial charge in [-0.05, 0) is 187 Å². The zero-order chi connectivity index (χ0) is 45.2. The second kappa shape index (κ2) is 14.7. The summed E-state index contributed by atoms with van der Waals surface area (Å²) in [5.74, 6) is 0. The molecule has 0 saturated heterocycles. The van der Waals surface area contributed by atoms with Crippen LogP contribution in [-0.2, 0) is 6.42 Å². The molecule has 0 amide bonds. The van der Waals surface area contributed by atoms with Gasteiger partial charge in [-0.15, -0.1) is 0 Å². The van der Waals surface area contributed by atoms with Crippen LogP contribution in [0, 0.1) is 20.8 Å². The number of para-hydroxylation sites is 2. The summed E-state index contributed by atoms with van der Waals surface area (Å²) >= 11 is 0. The average molecular weight is 873 g/mol. The number of aryl methyl sites for hydroxylation is 3. The molecule has 14 aromatic rings. The van der Waals surface area contributed by atoms with Gasteiger partial charge >= 0.3 is 0 Å². The normalized spacial score (nSPS) is 12.1. The molecule has 0 N–H and O–H groups in total. The maximum absolute atomic E-state index is 6.50. The standard InChI is InChI=1S/C64H44N2O2/c1-38-14-21-57-49(28-38)51-33-42(17-22-58(51)65(57)47-10-6-4-7-11-47)44-19-26-63-55(35-44)56-36-45(20-27-64(56)68-63)43-18-23-59-52(34-43)50-30-40(3)46(37-60(50)66(59)48-12-8-5-9-13-48)31-41-16-25-62-54(32-41)53-29-39(2)15-24-61(53)67-62/h4-30,32-37H,31H2,1-3H3. The van der Waals surface area contributed by atoms with Crippen molar-refractivity contribution in [1.29, 1.82) is 0 Å². The summed E-state index contributed by atoms with van der Waals surface area (Å²) < 4.78 is 17.5. The first kappa shape index (κ1) is 38.6. The van der Waals surface area contributed by atoms with E-state index in [0.717, 1.165) is 62.0 Å². The minimum absolute atomic E-state index is 0.825. The van der Waals surface area contributed by atoms with E-state index in [2.05, 4.69) is 230 Å². The number of fused-ring (bicyclic) bond motifs is 12. The maximum Gasteiger partial charge on any atom is 0.135 e. The minimum atomic E-state index is 0.825. The van der Waals surface area contributed by atoms with Gasteiger partial charge in [-0.25, -0.2) is 0 Å². The lowest BCUT2D eigenvalue weighted by Gasteiger charge is -2.11. The van der Waals surface area contributed by atoms with Gasteiger partial charge in [-0.3, -0.25) is 0 Å². The van der Waals surface area contributed by atoms with Crippen molar-refractivity contribution < 1.29 is 8.83 Å². The molecule has 0 saturated carbocycles. The number of nitrogens with zero attached hydrogens (tertiary/aromatic N) is 2. The Hall–Kier alpha value is -8.60. The lowest BCUT2D eigenvalue weighted by molar-refractivity contribution is 0.668. The van der Waals surface area contributed by atoms with Crippen molar-refractivity contribution >= 4 is 87.5 Å². The number of rotatable bonds is 6. The molecule has 0 aliphatic heterocycles. The van der Waals surface area contributed by atoms with Gasteiger partial charge < -0.3 is 18.0 Å². The number of aromatic nitrogens is 2. The Labute approximate surface area is 392 Å². The molecule has 10 aromatic carbocycles. The molecule has 0 aliphatic rings. The van der Waals surface area contributed by atoms with Crippen molar-refractivity contribution in [3.05, 3.63) is 228 Å². The van der Waals surface area contributed by atoms with Crippen molar-refractivity contribution in [3.8, 4) is 33.6 Å². The molecule has 0 unspecified atom stereocenters. The molecule has 0 spiro atoms. The smallest absolute Gasteiger partial charge is 0.135 e. The van der Waals surface area contributed by atoms with Gasteiger partial charge in [0.1, 0.15) is 22.3 Å². The molecule has 4 aromatic heterocycles. The van der Waals surface area contributed by atoms with Gasteiger partial charge in [0.25, 0.3) is 0 Å². The maximum atomic E-state index is 6.50. The van der Waals surface area contributed by atoms with Gasteiger partial charge in [0.2, 0.25) is 0 Å². The highest BCUT2D eigenvalue weighted by molar-refractivity contribution is 6.14. The van der Waals surface area contributed by atoms with Gasteiger partial charge in [-0.1, -0.05) is 90.0 Å². The number of hydrogen-bond donors (Lipinski definition) is 0. The van der Waals surface area contributed by atoms with Crippen LogP contribution in [0.5, 0.6) is 0 Å². The summed E-state index contributed by atoms with van der Waals surface area (Å²) in [6.07, 6.45) is 0.825. The van der Waals surface area contributed by atoms with Crippen molar-refractivity contribution in [1.82, 2.24) is 9.13 Å². The quantitative estimate of drug-likeness (QED) is 0.167. The molecule has 0 radical (unpaired) electrons. The van der Waals surface area contributed by atoms with Gasteiger partial charge in [0, 0.05) is 54.5 Å². The average Bonchev–Trinajstić information content (AvgIpc) is 4.11. The predicted molar refractivity (Wildman–Crippen MR) is 284 cm³/mol. The molecule has 14 rings (SSSR count). The predicted octanol–water partition coefficient (Wildman–Crippen LogP) is 17.5. The van der Waals surface area contributed by atoms with Gasteiger partial charge in [0.15, 0.2) is 0 Å². The first-order valence-corrected chi connectivity index (χ1v) is 23.5. The van der Waals surface area contributed by atoms with Crippen molar-refractivity contribution in [2.45, 2.75) is 27.2 Å². The van der Waals surface area contributed by atoms with E-state index in [9.17, 15) is 0 Å². The lowest BCUT2D eigenvalue weighted by atomic mass is 9.96. The van der Waals surface area contributed by atoms with Gasteiger partial charge in [-0.2, -0.15) is 0 Å². The van der Waals surface area contributed by atoms with Crippen molar-refractivity contribution in [3.63, 3.8) is 0 Å². The second-order valence-electron chi connectivity index (χ2n) is 18.8. The Morgan fingerprint density at radius 1 is 0.324 bits per heavy atom. The molecule has 4 heteroatoms. The van der Waals surface area contributed by atoms with Crippen LogP contribution in [0.15, 0.2) is 209 Å². The zero-order valence-electron chi connectivity index (χ0n) is 38.0. The summed E-state index contributed by atoms with van der Waals surface area (Å²) in [6.45, 7) is 6.57. The van der Waals surface area contributed by atoms with Crippen molar-refractivity contribution in [2.75, 3.05) is 0 Å². The van der Waals surface area contributed by atoms with Crippen LogP contribution in [-0.4, -0.2) is 9.13 Å². The molecule has 4 heterocycles. The largest absolute Gasteiger partial charge is 0.456 e.